The molecule has 0 unspecified atom stereocenters. The van der Waals surface area contributed by atoms with Crippen molar-refractivity contribution in [3.8, 4) is 5.95 Å². The SMILES string of the molecule is NC(=O)Nc1cccc(Nc2nc(Nc3ccc(N=Nc4cc5c(S(=O)(=O)O)cc(S(=O)(=O)O)cc5cc4S(=O)(=O)O)c(NC(N)=O)c3)nc(-[n+]3cccc(C(=O)O)c3)n2)c1. The van der Waals surface area contributed by atoms with Gasteiger partial charge in [0.1, 0.15) is 21.2 Å². The lowest BCUT2D eigenvalue weighted by Crippen LogP contribution is -2.34. The van der Waals surface area contributed by atoms with Crippen LogP contribution >= 0.6 is 0 Å². The van der Waals surface area contributed by atoms with E-state index in [2.05, 4.69) is 46.4 Å². The molecule has 2 aromatic heterocycles. The number of nitrogens with one attached hydrogen (secondary N) is 4. The smallest absolute Gasteiger partial charge is 0.444 e. The van der Waals surface area contributed by atoms with Crippen molar-refractivity contribution in [1.29, 1.82) is 0 Å². The van der Waals surface area contributed by atoms with E-state index in [4.69, 9.17) is 11.5 Å². The number of hydrogen-bond acceptors (Lipinski definition) is 16. The predicted octanol–water partition coefficient (Wildman–Crippen LogP) is 3.62. The van der Waals surface area contributed by atoms with E-state index in [1.54, 1.807) is 18.2 Å². The molecule has 25 nitrogen and oxygen atoms in total. The molecule has 0 aliphatic rings. The minimum Gasteiger partial charge on any atom is -0.478 e. The van der Waals surface area contributed by atoms with Gasteiger partial charge in [-0.15, -0.1) is 15.2 Å². The second-order valence-electron chi connectivity index (χ2n) is 12.2. The predicted molar refractivity (Wildman–Crippen MR) is 212 cm³/mol. The Morgan fingerprint density at radius 2 is 1.26 bits per heavy atom. The average molecular weight is 896 g/mol. The number of nitrogens with zero attached hydrogens (tertiary/aromatic N) is 6. The Labute approximate surface area is 342 Å². The van der Waals surface area contributed by atoms with Crippen molar-refractivity contribution >= 4 is 105 Å². The Kier molecular flexibility index (Phi) is 11.6. The van der Waals surface area contributed by atoms with Gasteiger partial charge >= 0.3 is 35.9 Å². The summed E-state index contributed by atoms with van der Waals surface area (Å²) in [7, 11) is -15.5. The number of nitrogens with two attached hydrogens (primary N) is 2. The zero-order chi connectivity index (χ0) is 44.4. The largest absolute Gasteiger partial charge is 0.478 e. The summed E-state index contributed by atoms with van der Waals surface area (Å²) in [5.41, 5.74) is 10.2. The number of carbonyl (C=O) groups is 3. The van der Waals surface area contributed by atoms with Gasteiger partial charge in [-0.1, -0.05) is 6.07 Å². The molecular weight excluding hydrogens is 869 g/mol. The molecule has 0 spiro atoms. The van der Waals surface area contributed by atoms with Gasteiger partial charge in [-0.3, -0.25) is 13.7 Å². The summed E-state index contributed by atoms with van der Waals surface area (Å²) in [5.74, 6) is -1.58. The fraction of sp³-hybridized carbons (Fsp3) is 0. The molecule has 0 saturated carbocycles. The molecule has 0 aliphatic heterocycles. The first-order chi connectivity index (χ1) is 28.5. The Morgan fingerprint density at radius 3 is 1.87 bits per heavy atom. The number of rotatable bonds is 13. The molecule has 2 heterocycles. The number of carbonyl (C=O) groups excluding carboxylic acids is 2. The maximum absolute atomic E-state index is 12.4. The van der Waals surface area contributed by atoms with Gasteiger partial charge < -0.3 is 37.8 Å². The first kappa shape index (κ1) is 42.8. The third-order valence-electron chi connectivity index (χ3n) is 7.89. The van der Waals surface area contributed by atoms with Crippen LogP contribution in [0.25, 0.3) is 16.7 Å². The minimum absolute atomic E-state index is 0.0887. The maximum atomic E-state index is 12.4. The molecule has 61 heavy (non-hydrogen) atoms. The average Bonchev–Trinajstić information content (AvgIpc) is 3.15. The number of fused-ring (bicyclic) bond motifs is 1. The third kappa shape index (κ3) is 10.5. The van der Waals surface area contributed by atoms with Crippen molar-refractivity contribution in [3.05, 3.63) is 96.8 Å². The van der Waals surface area contributed by atoms with Gasteiger partial charge in [0.15, 0.2) is 0 Å². The Hall–Kier alpha value is -7.76. The van der Waals surface area contributed by atoms with E-state index in [-0.39, 0.29) is 40.5 Å². The van der Waals surface area contributed by atoms with Crippen molar-refractivity contribution in [2.75, 3.05) is 21.3 Å². The molecule has 12 N–H and O–H groups in total. The van der Waals surface area contributed by atoms with Crippen molar-refractivity contribution in [3.63, 3.8) is 0 Å². The number of hydrogen-bond donors (Lipinski definition) is 10. The third-order valence-corrected chi connectivity index (χ3v) is 10.5. The van der Waals surface area contributed by atoms with Crippen molar-refractivity contribution in [2.45, 2.75) is 14.7 Å². The Morgan fingerprint density at radius 1 is 0.639 bits per heavy atom. The Bertz CT molecular complexity index is 3190. The molecular formula is C33H27N12O13S3+. The summed E-state index contributed by atoms with van der Waals surface area (Å²) in [4.78, 5) is 45.1. The monoisotopic (exact) mass is 895 g/mol. The first-order valence-electron chi connectivity index (χ1n) is 16.4. The lowest BCUT2D eigenvalue weighted by Gasteiger charge is -2.11. The van der Waals surface area contributed by atoms with Gasteiger partial charge in [0, 0.05) is 22.4 Å². The summed E-state index contributed by atoms with van der Waals surface area (Å²) in [6.45, 7) is 0. The van der Waals surface area contributed by atoms with Crippen LogP contribution in [-0.2, 0) is 30.4 Å². The number of anilines is 6. The number of aromatic nitrogens is 4. The van der Waals surface area contributed by atoms with E-state index in [1.165, 1.54) is 53.4 Å². The summed E-state index contributed by atoms with van der Waals surface area (Å²) < 4.78 is 104. The molecule has 0 aliphatic carbocycles. The van der Waals surface area contributed by atoms with Gasteiger partial charge in [0.25, 0.3) is 30.4 Å². The van der Waals surface area contributed by atoms with Crippen LogP contribution in [0, 0.1) is 0 Å². The highest BCUT2D eigenvalue weighted by Crippen LogP contribution is 2.37. The van der Waals surface area contributed by atoms with E-state index in [0.29, 0.717) is 29.6 Å². The van der Waals surface area contributed by atoms with Crippen LogP contribution in [0.15, 0.2) is 116 Å². The zero-order valence-corrected chi connectivity index (χ0v) is 32.6. The first-order valence-corrected chi connectivity index (χ1v) is 20.7. The van der Waals surface area contributed by atoms with E-state index >= 15 is 0 Å². The molecule has 314 valence electrons. The van der Waals surface area contributed by atoms with Crippen LogP contribution in [0.3, 0.4) is 0 Å². The van der Waals surface area contributed by atoms with Crippen molar-refractivity contribution in [2.24, 2.45) is 21.7 Å². The van der Waals surface area contributed by atoms with Crippen molar-refractivity contribution < 1.29 is 63.0 Å². The second-order valence-corrected chi connectivity index (χ2v) is 16.4. The van der Waals surface area contributed by atoms with Gasteiger partial charge in [-0.05, 0) is 88.2 Å². The van der Waals surface area contributed by atoms with Crippen LogP contribution < -0.4 is 37.3 Å². The quantitative estimate of drug-likeness (QED) is 0.0449. The maximum Gasteiger partial charge on any atom is 0.444 e. The number of benzene rings is 4. The summed E-state index contributed by atoms with van der Waals surface area (Å²) in [6, 6.07) is 13.4. The fourth-order valence-electron chi connectivity index (χ4n) is 5.40. The molecule has 6 rings (SSSR count). The minimum atomic E-state index is -5.23. The number of carboxylic acid groups (broad SMARTS) is 1. The molecule has 0 bridgehead atoms. The number of urea groups is 2. The topological polar surface area (TPSA) is 402 Å². The molecule has 4 aromatic carbocycles. The molecule has 4 amide bonds. The number of primary amides is 2. The summed E-state index contributed by atoms with van der Waals surface area (Å²) in [5, 5.41) is 26.9. The van der Waals surface area contributed by atoms with Gasteiger partial charge in [0.05, 0.1) is 28.5 Å². The highest BCUT2D eigenvalue weighted by Gasteiger charge is 2.25. The number of pyridine rings is 1. The number of amides is 4. The van der Waals surface area contributed by atoms with Crippen LogP contribution in [0.1, 0.15) is 10.4 Å². The van der Waals surface area contributed by atoms with E-state index in [9.17, 15) is 58.4 Å². The summed E-state index contributed by atoms with van der Waals surface area (Å²) >= 11 is 0. The van der Waals surface area contributed by atoms with Crippen LogP contribution in [0.5, 0.6) is 0 Å². The number of carboxylic acids is 1. The lowest BCUT2D eigenvalue weighted by atomic mass is 10.1. The summed E-state index contributed by atoms with van der Waals surface area (Å²) in [6.07, 6.45) is 2.70. The number of azo groups is 1. The second kappa shape index (κ2) is 16.5. The standard InChI is InChI=1S/C33H26N12O13S3/c34-29(48)36-18-4-1-5-19(11-18)37-31-40-32(42-33(41-31)45-8-2-3-16(15-45)28(46)47)38-20-6-7-23(24(12-20)39-30(35)49)43-44-25-14-22-17(10-27(25)61(56,57)58)9-21(59(50,51)52)13-26(22)60(53,54)55/h1-15H,(H11-,34,35,36,37,38,39,40,41,42,44,46,47,48,49,50,51,52,53,54,55,56,57,58)/p+1. The highest BCUT2D eigenvalue weighted by molar-refractivity contribution is 7.87. The van der Waals surface area contributed by atoms with E-state index < -0.39 is 79.5 Å². The Balaban J connectivity index is 1.42. The highest BCUT2D eigenvalue weighted by atomic mass is 32.2. The van der Waals surface area contributed by atoms with Crippen LogP contribution in [0.2, 0.25) is 0 Å². The van der Waals surface area contributed by atoms with E-state index in [1.807, 2.05) is 0 Å². The molecule has 6 aromatic rings. The molecule has 0 saturated heterocycles. The van der Waals surface area contributed by atoms with Crippen LogP contribution in [-0.4, -0.2) is 77.0 Å². The number of aromatic carboxylic acids is 1. The molecule has 0 atom stereocenters. The van der Waals surface area contributed by atoms with Crippen molar-refractivity contribution in [1.82, 2.24) is 15.0 Å². The van der Waals surface area contributed by atoms with Gasteiger partial charge in [0.2, 0.25) is 0 Å². The van der Waals surface area contributed by atoms with Gasteiger partial charge in [-0.2, -0.15) is 25.3 Å². The van der Waals surface area contributed by atoms with E-state index in [0.717, 1.165) is 6.07 Å². The molecule has 0 fully saturated rings. The fourth-order valence-corrected chi connectivity index (χ4v) is 7.39. The normalized spacial score (nSPS) is 11.9. The zero-order valence-electron chi connectivity index (χ0n) is 30.2. The van der Waals surface area contributed by atoms with Gasteiger partial charge in [-0.25, -0.2) is 19.0 Å². The van der Waals surface area contributed by atoms with Crippen LogP contribution in [0.4, 0.5) is 55.6 Å². The molecule has 0 radical (unpaired) electrons. The molecule has 28 heteroatoms. The lowest BCUT2D eigenvalue weighted by molar-refractivity contribution is -0.603.